The number of anilines is 1. The Balaban J connectivity index is 1.85. The Hall–Kier alpha value is -1.39. The number of thiazole rings is 1. The van der Waals surface area contributed by atoms with Crippen LogP contribution in [-0.2, 0) is 13.0 Å². The van der Waals surface area contributed by atoms with Gasteiger partial charge in [-0.1, -0.05) is 37.3 Å². The molecule has 0 atom stereocenters. The molecule has 1 aromatic heterocycles. The average Bonchev–Trinajstić information content (AvgIpc) is 2.92. The van der Waals surface area contributed by atoms with Crippen molar-refractivity contribution in [3.8, 4) is 0 Å². The molecule has 0 unspecified atom stereocenters. The van der Waals surface area contributed by atoms with E-state index in [1.807, 2.05) is 0 Å². The third kappa shape index (κ3) is 4.33. The third-order valence-corrected chi connectivity index (χ3v) is 4.00. The summed E-state index contributed by atoms with van der Waals surface area (Å²) in [5, 5.41) is 6.54. The molecule has 0 bridgehead atoms. The molecule has 0 aliphatic rings. The van der Waals surface area contributed by atoms with Crippen molar-refractivity contribution in [2.45, 2.75) is 19.9 Å². The van der Waals surface area contributed by atoms with E-state index in [9.17, 15) is 0 Å². The second-order valence-electron chi connectivity index (χ2n) is 4.56. The summed E-state index contributed by atoms with van der Waals surface area (Å²) in [6.07, 6.45) is 1.06. The first kappa shape index (κ1) is 14.0. The second kappa shape index (κ2) is 7.26. The molecule has 0 spiro atoms. The second-order valence-corrected chi connectivity index (χ2v) is 5.40. The molecule has 0 amide bonds. The standard InChI is InChI=1S/C15H21N3S/c1-3-16-11-14-12-19-15(17-14)18(2)10-9-13-7-5-4-6-8-13/h4-8,12,16H,3,9-11H2,1-2H3. The molecular weight excluding hydrogens is 254 g/mol. The maximum atomic E-state index is 4.64. The van der Waals surface area contributed by atoms with Gasteiger partial charge in [0, 0.05) is 25.5 Å². The summed E-state index contributed by atoms with van der Waals surface area (Å²) in [6, 6.07) is 10.6. The van der Waals surface area contributed by atoms with E-state index in [0.29, 0.717) is 0 Å². The molecule has 0 aliphatic heterocycles. The molecule has 0 saturated carbocycles. The molecule has 1 heterocycles. The molecule has 102 valence electrons. The predicted octanol–water partition coefficient (Wildman–Crippen LogP) is 2.93. The van der Waals surface area contributed by atoms with Crippen LogP contribution < -0.4 is 10.2 Å². The van der Waals surface area contributed by atoms with Gasteiger partial charge in [-0.25, -0.2) is 4.98 Å². The lowest BCUT2D eigenvalue weighted by molar-refractivity contribution is 0.713. The molecule has 3 nitrogen and oxygen atoms in total. The minimum atomic E-state index is 0.861. The highest BCUT2D eigenvalue weighted by atomic mass is 32.1. The lowest BCUT2D eigenvalue weighted by atomic mass is 10.1. The van der Waals surface area contributed by atoms with Crippen molar-refractivity contribution in [1.82, 2.24) is 10.3 Å². The fraction of sp³-hybridized carbons (Fsp3) is 0.400. The highest BCUT2D eigenvalue weighted by Crippen LogP contribution is 2.19. The van der Waals surface area contributed by atoms with Gasteiger partial charge in [-0.3, -0.25) is 0 Å². The number of hydrogen-bond acceptors (Lipinski definition) is 4. The van der Waals surface area contributed by atoms with Crippen LogP contribution in [0.1, 0.15) is 18.2 Å². The lowest BCUT2D eigenvalue weighted by Crippen LogP contribution is -2.20. The zero-order chi connectivity index (χ0) is 13.5. The maximum absolute atomic E-state index is 4.64. The van der Waals surface area contributed by atoms with E-state index in [1.54, 1.807) is 11.3 Å². The number of aromatic nitrogens is 1. The van der Waals surface area contributed by atoms with Crippen molar-refractivity contribution in [2.24, 2.45) is 0 Å². The third-order valence-electron chi connectivity index (χ3n) is 3.00. The summed E-state index contributed by atoms with van der Waals surface area (Å²) in [7, 11) is 2.11. The first-order valence-electron chi connectivity index (χ1n) is 6.69. The van der Waals surface area contributed by atoms with Crippen LogP contribution in [-0.4, -0.2) is 25.1 Å². The molecule has 1 N–H and O–H groups in total. The quantitative estimate of drug-likeness (QED) is 0.842. The zero-order valence-electron chi connectivity index (χ0n) is 11.6. The van der Waals surface area contributed by atoms with Crippen LogP contribution in [0.3, 0.4) is 0 Å². The van der Waals surface area contributed by atoms with E-state index in [1.165, 1.54) is 5.56 Å². The maximum Gasteiger partial charge on any atom is 0.185 e. The van der Waals surface area contributed by atoms with Gasteiger partial charge in [-0.05, 0) is 18.5 Å². The van der Waals surface area contributed by atoms with E-state index in [4.69, 9.17) is 0 Å². The number of hydrogen-bond donors (Lipinski definition) is 1. The molecule has 19 heavy (non-hydrogen) atoms. The number of benzene rings is 1. The van der Waals surface area contributed by atoms with Crippen LogP contribution in [0.15, 0.2) is 35.7 Å². The van der Waals surface area contributed by atoms with Gasteiger partial charge >= 0.3 is 0 Å². The Labute approximate surface area is 119 Å². The first-order valence-corrected chi connectivity index (χ1v) is 7.57. The van der Waals surface area contributed by atoms with Crippen LogP contribution >= 0.6 is 11.3 Å². The van der Waals surface area contributed by atoms with Crippen molar-refractivity contribution in [1.29, 1.82) is 0 Å². The number of rotatable bonds is 7. The molecular formula is C15H21N3S. The summed E-state index contributed by atoms with van der Waals surface area (Å²) < 4.78 is 0. The normalized spacial score (nSPS) is 10.6. The monoisotopic (exact) mass is 275 g/mol. The van der Waals surface area contributed by atoms with Crippen LogP contribution in [0.4, 0.5) is 5.13 Å². The van der Waals surface area contributed by atoms with Gasteiger partial charge in [0.2, 0.25) is 0 Å². The van der Waals surface area contributed by atoms with E-state index in [2.05, 4.69) is 64.9 Å². The van der Waals surface area contributed by atoms with Gasteiger partial charge in [0.25, 0.3) is 0 Å². The summed E-state index contributed by atoms with van der Waals surface area (Å²) >= 11 is 1.72. The number of nitrogens with one attached hydrogen (secondary N) is 1. The van der Waals surface area contributed by atoms with Crippen molar-refractivity contribution in [3.05, 3.63) is 47.0 Å². The largest absolute Gasteiger partial charge is 0.351 e. The Morgan fingerprint density at radius 2 is 2.05 bits per heavy atom. The Morgan fingerprint density at radius 1 is 1.26 bits per heavy atom. The van der Waals surface area contributed by atoms with Gasteiger partial charge in [-0.2, -0.15) is 0 Å². The van der Waals surface area contributed by atoms with Crippen molar-refractivity contribution < 1.29 is 0 Å². The van der Waals surface area contributed by atoms with Crippen LogP contribution in [0.2, 0.25) is 0 Å². The lowest BCUT2D eigenvalue weighted by Gasteiger charge is -2.15. The van der Waals surface area contributed by atoms with Gasteiger partial charge in [0.15, 0.2) is 5.13 Å². The highest BCUT2D eigenvalue weighted by molar-refractivity contribution is 7.13. The first-order chi connectivity index (χ1) is 9.29. The minimum absolute atomic E-state index is 0.861. The summed E-state index contributed by atoms with van der Waals surface area (Å²) in [6.45, 7) is 4.95. The summed E-state index contributed by atoms with van der Waals surface area (Å²) in [5.41, 5.74) is 2.51. The molecule has 1 aromatic carbocycles. The number of likely N-dealkylation sites (N-methyl/N-ethyl adjacent to an activating group) is 1. The summed E-state index contributed by atoms with van der Waals surface area (Å²) in [5.74, 6) is 0. The van der Waals surface area contributed by atoms with E-state index < -0.39 is 0 Å². The average molecular weight is 275 g/mol. The molecule has 2 aromatic rings. The molecule has 0 radical (unpaired) electrons. The topological polar surface area (TPSA) is 28.2 Å². The molecule has 2 rings (SSSR count). The van der Waals surface area contributed by atoms with E-state index >= 15 is 0 Å². The minimum Gasteiger partial charge on any atom is -0.351 e. The van der Waals surface area contributed by atoms with Crippen molar-refractivity contribution >= 4 is 16.5 Å². The fourth-order valence-electron chi connectivity index (χ4n) is 1.84. The van der Waals surface area contributed by atoms with Gasteiger partial charge in [-0.15, -0.1) is 11.3 Å². The van der Waals surface area contributed by atoms with Gasteiger partial charge < -0.3 is 10.2 Å². The molecule has 0 saturated heterocycles. The number of nitrogens with zero attached hydrogens (tertiary/aromatic N) is 2. The SMILES string of the molecule is CCNCc1csc(N(C)CCc2ccccc2)n1. The van der Waals surface area contributed by atoms with E-state index in [0.717, 1.165) is 36.9 Å². The molecule has 4 heteroatoms. The Kier molecular flexibility index (Phi) is 5.36. The Bertz CT molecular complexity index is 481. The summed E-state index contributed by atoms with van der Waals surface area (Å²) in [4.78, 5) is 6.87. The fourth-order valence-corrected chi connectivity index (χ4v) is 2.66. The molecule has 0 aliphatic carbocycles. The van der Waals surface area contributed by atoms with Gasteiger partial charge in [0.1, 0.15) is 0 Å². The predicted molar refractivity (Wildman–Crippen MR) is 82.9 cm³/mol. The Morgan fingerprint density at radius 3 is 2.79 bits per heavy atom. The van der Waals surface area contributed by atoms with Crippen molar-refractivity contribution in [3.63, 3.8) is 0 Å². The van der Waals surface area contributed by atoms with Crippen LogP contribution in [0, 0.1) is 0 Å². The molecule has 0 fully saturated rings. The van der Waals surface area contributed by atoms with Crippen molar-refractivity contribution in [2.75, 3.05) is 25.0 Å². The smallest absolute Gasteiger partial charge is 0.185 e. The van der Waals surface area contributed by atoms with E-state index in [-0.39, 0.29) is 0 Å². The van der Waals surface area contributed by atoms with Crippen LogP contribution in [0.5, 0.6) is 0 Å². The van der Waals surface area contributed by atoms with Gasteiger partial charge in [0.05, 0.1) is 5.69 Å². The van der Waals surface area contributed by atoms with Crippen LogP contribution in [0.25, 0.3) is 0 Å². The highest BCUT2D eigenvalue weighted by Gasteiger charge is 2.06. The zero-order valence-corrected chi connectivity index (χ0v) is 12.4.